The van der Waals surface area contributed by atoms with Gasteiger partial charge in [0.25, 0.3) is 0 Å². The van der Waals surface area contributed by atoms with E-state index in [1.54, 1.807) is 11.0 Å². The second kappa shape index (κ2) is 7.55. The molecule has 0 atom stereocenters. The first-order valence-electron chi connectivity index (χ1n) is 8.23. The van der Waals surface area contributed by atoms with Gasteiger partial charge in [-0.15, -0.1) is 17.9 Å². The molecule has 1 amide bonds. The normalized spacial score (nSPS) is 15.3. The van der Waals surface area contributed by atoms with E-state index in [0.29, 0.717) is 6.54 Å². The van der Waals surface area contributed by atoms with E-state index in [1.807, 2.05) is 35.7 Å². The van der Waals surface area contributed by atoms with E-state index in [-0.39, 0.29) is 11.8 Å². The van der Waals surface area contributed by atoms with Gasteiger partial charge in [0.15, 0.2) is 5.13 Å². The van der Waals surface area contributed by atoms with E-state index >= 15 is 0 Å². The van der Waals surface area contributed by atoms with Crippen molar-refractivity contribution >= 4 is 22.4 Å². The minimum absolute atomic E-state index is 0.146. The van der Waals surface area contributed by atoms with Gasteiger partial charge >= 0.3 is 0 Å². The summed E-state index contributed by atoms with van der Waals surface area (Å²) in [4.78, 5) is 19.4. The molecule has 0 N–H and O–H groups in total. The molecule has 1 fully saturated rings. The maximum atomic E-state index is 12.9. The van der Waals surface area contributed by atoms with E-state index in [9.17, 15) is 4.79 Å². The SMILES string of the molecule is C=CCN(C(=O)C1CCCCC1)c1nc(-c2ccccc2)cs1. The quantitative estimate of drug-likeness (QED) is 0.731. The Morgan fingerprint density at radius 2 is 2.00 bits per heavy atom. The van der Waals surface area contributed by atoms with Gasteiger partial charge in [-0.25, -0.2) is 4.98 Å². The highest BCUT2D eigenvalue weighted by molar-refractivity contribution is 7.14. The number of anilines is 1. The van der Waals surface area contributed by atoms with E-state index in [4.69, 9.17) is 4.98 Å². The van der Waals surface area contributed by atoms with Crippen LogP contribution in [-0.2, 0) is 4.79 Å². The molecule has 0 spiro atoms. The monoisotopic (exact) mass is 326 g/mol. The van der Waals surface area contributed by atoms with Crippen LogP contribution in [0, 0.1) is 5.92 Å². The lowest BCUT2D eigenvalue weighted by molar-refractivity contribution is -0.123. The van der Waals surface area contributed by atoms with Gasteiger partial charge in [-0.1, -0.05) is 55.7 Å². The molecular weight excluding hydrogens is 304 g/mol. The van der Waals surface area contributed by atoms with Crippen LogP contribution in [0.25, 0.3) is 11.3 Å². The van der Waals surface area contributed by atoms with Crippen LogP contribution in [-0.4, -0.2) is 17.4 Å². The van der Waals surface area contributed by atoms with Crippen LogP contribution in [0.15, 0.2) is 48.4 Å². The molecule has 2 aromatic rings. The molecule has 4 heteroatoms. The molecule has 3 rings (SSSR count). The summed E-state index contributed by atoms with van der Waals surface area (Å²) in [5.74, 6) is 0.353. The molecule has 120 valence electrons. The van der Waals surface area contributed by atoms with E-state index in [0.717, 1.165) is 42.1 Å². The van der Waals surface area contributed by atoms with E-state index in [2.05, 4.69) is 6.58 Å². The Balaban J connectivity index is 1.82. The number of thiazole rings is 1. The molecule has 1 saturated carbocycles. The summed E-state index contributed by atoms with van der Waals surface area (Å²) < 4.78 is 0. The van der Waals surface area contributed by atoms with E-state index in [1.165, 1.54) is 17.8 Å². The minimum atomic E-state index is 0.146. The first-order valence-corrected chi connectivity index (χ1v) is 9.11. The van der Waals surface area contributed by atoms with Crippen LogP contribution in [0.1, 0.15) is 32.1 Å². The van der Waals surface area contributed by atoms with Crippen LogP contribution in [0.2, 0.25) is 0 Å². The highest BCUT2D eigenvalue weighted by atomic mass is 32.1. The Morgan fingerprint density at radius 3 is 2.70 bits per heavy atom. The minimum Gasteiger partial charge on any atom is -0.284 e. The number of amides is 1. The van der Waals surface area contributed by atoms with Crippen molar-refractivity contribution in [3.05, 3.63) is 48.4 Å². The summed E-state index contributed by atoms with van der Waals surface area (Å²) in [5, 5.41) is 2.80. The summed E-state index contributed by atoms with van der Waals surface area (Å²) in [6.07, 6.45) is 7.36. The predicted molar refractivity (Wildman–Crippen MR) is 96.7 cm³/mol. The summed E-state index contributed by atoms with van der Waals surface area (Å²) >= 11 is 1.53. The number of nitrogens with zero attached hydrogens (tertiary/aromatic N) is 2. The zero-order valence-electron chi connectivity index (χ0n) is 13.3. The lowest BCUT2D eigenvalue weighted by atomic mass is 9.88. The third kappa shape index (κ3) is 3.70. The Kier molecular flexibility index (Phi) is 5.23. The topological polar surface area (TPSA) is 33.2 Å². The number of aromatic nitrogens is 1. The number of hydrogen-bond donors (Lipinski definition) is 0. The molecule has 0 radical (unpaired) electrons. The summed E-state index contributed by atoms with van der Waals surface area (Å²) in [6.45, 7) is 4.33. The van der Waals surface area contributed by atoms with Gasteiger partial charge in [0, 0.05) is 23.4 Å². The third-order valence-electron chi connectivity index (χ3n) is 4.32. The molecule has 1 aliphatic carbocycles. The lowest BCUT2D eigenvalue weighted by Gasteiger charge is -2.26. The number of carbonyl (C=O) groups excluding carboxylic acids is 1. The highest BCUT2D eigenvalue weighted by Gasteiger charge is 2.27. The Morgan fingerprint density at radius 1 is 1.26 bits per heavy atom. The van der Waals surface area contributed by atoms with Gasteiger partial charge in [-0.2, -0.15) is 0 Å². The van der Waals surface area contributed by atoms with Crippen LogP contribution >= 0.6 is 11.3 Å². The van der Waals surface area contributed by atoms with Crippen molar-refractivity contribution in [3.63, 3.8) is 0 Å². The lowest BCUT2D eigenvalue weighted by Crippen LogP contribution is -2.37. The zero-order chi connectivity index (χ0) is 16.1. The molecule has 0 saturated heterocycles. The predicted octanol–water partition coefficient (Wildman–Crippen LogP) is 4.91. The van der Waals surface area contributed by atoms with Crippen molar-refractivity contribution in [3.8, 4) is 11.3 Å². The van der Waals surface area contributed by atoms with Crippen molar-refractivity contribution < 1.29 is 4.79 Å². The summed E-state index contributed by atoms with van der Waals surface area (Å²) in [6, 6.07) is 10.1. The number of carbonyl (C=O) groups is 1. The van der Waals surface area contributed by atoms with E-state index < -0.39 is 0 Å². The average molecular weight is 326 g/mol. The Bertz CT molecular complexity index is 659. The van der Waals surface area contributed by atoms with Crippen LogP contribution < -0.4 is 4.90 Å². The van der Waals surface area contributed by atoms with Gasteiger partial charge in [0.2, 0.25) is 5.91 Å². The number of benzene rings is 1. The third-order valence-corrected chi connectivity index (χ3v) is 5.19. The molecule has 0 aliphatic heterocycles. The molecular formula is C19H22N2OS. The van der Waals surface area contributed by atoms with Gasteiger partial charge < -0.3 is 0 Å². The number of rotatable bonds is 5. The highest BCUT2D eigenvalue weighted by Crippen LogP contribution is 2.31. The van der Waals surface area contributed by atoms with Gasteiger partial charge in [-0.3, -0.25) is 9.69 Å². The molecule has 1 heterocycles. The zero-order valence-corrected chi connectivity index (χ0v) is 14.1. The smallest absolute Gasteiger partial charge is 0.232 e. The van der Waals surface area contributed by atoms with Crippen molar-refractivity contribution in [1.29, 1.82) is 0 Å². The fraction of sp³-hybridized carbons (Fsp3) is 0.368. The number of hydrogen-bond acceptors (Lipinski definition) is 3. The molecule has 1 aromatic carbocycles. The summed E-state index contributed by atoms with van der Waals surface area (Å²) in [7, 11) is 0. The molecule has 3 nitrogen and oxygen atoms in total. The van der Waals surface area contributed by atoms with Crippen molar-refractivity contribution in [2.24, 2.45) is 5.92 Å². The largest absolute Gasteiger partial charge is 0.284 e. The second-order valence-corrected chi connectivity index (χ2v) is 6.79. The fourth-order valence-corrected chi connectivity index (χ4v) is 3.94. The molecule has 0 unspecified atom stereocenters. The van der Waals surface area contributed by atoms with Crippen molar-refractivity contribution in [2.45, 2.75) is 32.1 Å². The Labute approximate surface area is 141 Å². The molecule has 23 heavy (non-hydrogen) atoms. The van der Waals surface area contributed by atoms with Crippen molar-refractivity contribution in [2.75, 3.05) is 11.4 Å². The van der Waals surface area contributed by atoms with Gasteiger partial charge in [0.05, 0.1) is 5.69 Å². The van der Waals surface area contributed by atoms with Crippen LogP contribution in [0.4, 0.5) is 5.13 Å². The first kappa shape index (κ1) is 15.9. The Hall–Kier alpha value is -1.94. The fourth-order valence-electron chi connectivity index (χ4n) is 3.09. The summed E-state index contributed by atoms with van der Waals surface area (Å²) in [5.41, 5.74) is 2.01. The average Bonchev–Trinajstić information content (AvgIpc) is 3.10. The second-order valence-electron chi connectivity index (χ2n) is 5.95. The van der Waals surface area contributed by atoms with Crippen molar-refractivity contribution in [1.82, 2.24) is 4.98 Å². The molecule has 1 aromatic heterocycles. The van der Waals surface area contributed by atoms with Crippen LogP contribution in [0.5, 0.6) is 0 Å². The first-order chi connectivity index (χ1) is 11.3. The molecule has 1 aliphatic rings. The standard InChI is InChI=1S/C19H22N2OS/c1-2-13-21(18(22)16-11-7-4-8-12-16)19-20-17(14-23-19)15-9-5-3-6-10-15/h2-3,5-6,9-10,14,16H,1,4,7-8,11-13H2. The van der Waals surface area contributed by atoms with Crippen LogP contribution in [0.3, 0.4) is 0 Å². The van der Waals surface area contributed by atoms with Gasteiger partial charge in [-0.05, 0) is 12.8 Å². The molecule has 0 bridgehead atoms. The van der Waals surface area contributed by atoms with Gasteiger partial charge in [0.1, 0.15) is 0 Å². The maximum absolute atomic E-state index is 12.9. The maximum Gasteiger partial charge on any atom is 0.232 e.